The Kier molecular flexibility index (Phi) is 4.23. The third-order valence-corrected chi connectivity index (χ3v) is 3.20. The molecule has 2 nitrogen and oxygen atoms in total. The summed E-state index contributed by atoms with van der Waals surface area (Å²) in [7, 11) is 0. The van der Waals surface area contributed by atoms with E-state index in [2.05, 4.69) is 11.8 Å². The van der Waals surface area contributed by atoms with Crippen LogP contribution < -0.4 is 4.74 Å². The number of benzene rings is 1. The molecule has 0 radical (unpaired) electrons. The van der Waals surface area contributed by atoms with E-state index in [0.717, 1.165) is 5.75 Å². The summed E-state index contributed by atoms with van der Waals surface area (Å²) < 4.78 is 5.94. The van der Waals surface area contributed by atoms with Gasteiger partial charge in [0.15, 0.2) is 0 Å². The topological polar surface area (TPSA) is 12.5 Å². The number of rotatable bonds is 3. The molecule has 0 bridgehead atoms. The third-order valence-electron chi connectivity index (χ3n) is 3.20. The first-order valence-electron chi connectivity index (χ1n) is 6.32. The van der Waals surface area contributed by atoms with Crippen LogP contribution in [0, 0.1) is 0 Å². The van der Waals surface area contributed by atoms with Gasteiger partial charge in [0.2, 0.25) is 0 Å². The quantitative estimate of drug-likeness (QED) is 0.773. The average molecular weight is 219 g/mol. The number of para-hydroxylation sites is 1. The molecule has 1 saturated heterocycles. The molecule has 1 aromatic carbocycles. The molecular formula is C14H21NO. The third kappa shape index (κ3) is 3.24. The van der Waals surface area contributed by atoms with Gasteiger partial charge in [0.05, 0.1) is 0 Å². The van der Waals surface area contributed by atoms with Crippen LogP contribution in [-0.2, 0) is 0 Å². The van der Waals surface area contributed by atoms with Crippen molar-refractivity contribution in [3.05, 3.63) is 30.3 Å². The van der Waals surface area contributed by atoms with Crippen molar-refractivity contribution in [3.8, 4) is 5.75 Å². The molecule has 1 fully saturated rings. The van der Waals surface area contributed by atoms with Crippen LogP contribution in [0.5, 0.6) is 5.75 Å². The van der Waals surface area contributed by atoms with E-state index in [0.29, 0.717) is 0 Å². The molecule has 0 saturated carbocycles. The van der Waals surface area contributed by atoms with Crippen molar-refractivity contribution >= 4 is 0 Å². The van der Waals surface area contributed by atoms with Crippen molar-refractivity contribution in [1.29, 1.82) is 0 Å². The monoisotopic (exact) mass is 219 g/mol. The number of hydrogen-bond donors (Lipinski definition) is 0. The van der Waals surface area contributed by atoms with Crippen molar-refractivity contribution < 1.29 is 4.74 Å². The van der Waals surface area contributed by atoms with Gasteiger partial charge in [-0.3, -0.25) is 4.90 Å². The standard InChI is InChI=1S/C14H21NO/c1-13(15-11-7-2-3-8-12-15)16-14-9-5-4-6-10-14/h4-6,9-10,13H,2-3,7-8,11-12H2,1H3/t13-/m0/s1. The molecule has 1 aromatic rings. The second-order valence-corrected chi connectivity index (χ2v) is 4.48. The Balaban J connectivity index is 1.89. The average Bonchev–Trinajstić information content (AvgIpc) is 2.59. The van der Waals surface area contributed by atoms with Gasteiger partial charge in [0.25, 0.3) is 0 Å². The maximum absolute atomic E-state index is 5.94. The van der Waals surface area contributed by atoms with Gasteiger partial charge in [0, 0.05) is 13.1 Å². The molecule has 1 aliphatic heterocycles. The molecule has 88 valence electrons. The molecule has 2 rings (SSSR count). The zero-order valence-corrected chi connectivity index (χ0v) is 10.1. The van der Waals surface area contributed by atoms with Crippen LogP contribution in [0.3, 0.4) is 0 Å². The van der Waals surface area contributed by atoms with Crippen molar-refractivity contribution in [3.63, 3.8) is 0 Å². The Morgan fingerprint density at radius 3 is 2.25 bits per heavy atom. The predicted octanol–water partition coefficient (Wildman–Crippen LogP) is 3.29. The zero-order chi connectivity index (χ0) is 11.2. The normalized spacial score (nSPS) is 20.1. The molecule has 0 amide bonds. The highest BCUT2D eigenvalue weighted by Gasteiger charge is 2.16. The largest absolute Gasteiger partial charge is 0.475 e. The van der Waals surface area contributed by atoms with Gasteiger partial charge >= 0.3 is 0 Å². The lowest BCUT2D eigenvalue weighted by atomic mass is 10.2. The fraction of sp³-hybridized carbons (Fsp3) is 0.571. The van der Waals surface area contributed by atoms with E-state index in [-0.39, 0.29) is 6.23 Å². The molecule has 0 aromatic heterocycles. The van der Waals surface area contributed by atoms with Crippen LogP contribution in [0.4, 0.5) is 0 Å². The molecule has 2 heteroatoms. The molecule has 0 N–H and O–H groups in total. The Labute approximate surface area is 98.2 Å². The molecule has 0 unspecified atom stereocenters. The molecule has 1 aliphatic rings. The van der Waals surface area contributed by atoms with E-state index >= 15 is 0 Å². The number of nitrogens with zero attached hydrogens (tertiary/aromatic N) is 1. The maximum Gasteiger partial charge on any atom is 0.149 e. The number of likely N-dealkylation sites (tertiary alicyclic amines) is 1. The highest BCUT2D eigenvalue weighted by molar-refractivity contribution is 5.21. The SMILES string of the molecule is C[C@H](Oc1ccccc1)N1CCCCCC1. The maximum atomic E-state index is 5.94. The first kappa shape index (κ1) is 11.5. The van der Waals surface area contributed by atoms with Crippen LogP contribution in [0.2, 0.25) is 0 Å². The van der Waals surface area contributed by atoms with Gasteiger partial charge in [-0.2, -0.15) is 0 Å². The first-order valence-corrected chi connectivity index (χ1v) is 6.32. The lowest BCUT2D eigenvalue weighted by Crippen LogP contribution is -2.37. The second-order valence-electron chi connectivity index (χ2n) is 4.48. The second kappa shape index (κ2) is 5.90. The van der Waals surface area contributed by atoms with Gasteiger partial charge in [-0.15, -0.1) is 0 Å². The highest BCUT2D eigenvalue weighted by Crippen LogP contribution is 2.16. The fourth-order valence-corrected chi connectivity index (χ4v) is 2.23. The molecule has 1 atom stereocenters. The number of ether oxygens (including phenoxy) is 1. The zero-order valence-electron chi connectivity index (χ0n) is 10.1. The van der Waals surface area contributed by atoms with E-state index in [1.165, 1.54) is 38.8 Å². The van der Waals surface area contributed by atoms with Gasteiger partial charge in [-0.05, 0) is 31.9 Å². The smallest absolute Gasteiger partial charge is 0.149 e. The lowest BCUT2D eigenvalue weighted by molar-refractivity contribution is 0.0425. The van der Waals surface area contributed by atoms with E-state index in [9.17, 15) is 0 Å². The van der Waals surface area contributed by atoms with Crippen molar-refractivity contribution in [2.45, 2.75) is 38.8 Å². The van der Waals surface area contributed by atoms with Crippen LogP contribution in [0.25, 0.3) is 0 Å². The summed E-state index contributed by atoms with van der Waals surface area (Å²) in [6.45, 7) is 4.50. The van der Waals surface area contributed by atoms with Gasteiger partial charge in [-0.1, -0.05) is 31.0 Å². The van der Waals surface area contributed by atoms with Gasteiger partial charge < -0.3 is 4.74 Å². The van der Waals surface area contributed by atoms with E-state index in [1.54, 1.807) is 0 Å². The van der Waals surface area contributed by atoms with Crippen LogP contribution in [0.15, 0.2) is 30.3 Å². The van der Waals surface area contributed by atoms with Crippen LogP contribution >= 0.6 is 0 Å². The van der Waals surface area contributed by atoms with Crippen molar-refractivity contribution in [2.24, 2.45) is 0 Å². The summed E-state index contributed by atoms with van der Waals surface area (Å²) >= 11 is 0. The molecule has 0 spiro atoms. The van der Waals surface area contributed by atoms with Crippen molar-refractivity contribution in [2.75, 3.05) is 13.1 Å². The minimum absolute atomic E-state index is 0.195. The Morgan fingerprint density at radius 2 is 1.62 bits per heavy atom. The fourth-order valence-electron chi connectivity index (χ4n) is 2.23. The lowest BCUT2D eigenvalue weighted by Gasteiger charge is -2.27. The minimum Gasteiger partial charge on any atom is -0.475 e. The predicted molar refractivity (Wildman–Crippen MR) is 66.6 cm³/mol. The summed E-state index contributed by atoms with van der Waals surface area (Å²) in [6.07, 6.45) is 5.55. The van der Waals surface area contributed by atoms with Crippen LogP contribution in [0.1, 0.15) is 32.6 Å². The summed E-state index contributed by atoms with van der Waals surface area (Å²) in [6, 6.07) is 10.1. The summed E-state index contributed by atoms with van der Waals surface area (Å²) in [5.41, 5.74) is 0. The highest BCUT2D eigenvalue weighted by atomic mass is 16.5. The van der Waals surface area contributed by atoms with E-state index in [1.807, 2.05) is 30.3 Å². The Bertz CT molecular complexity index is 291. The Hall–Kier alpha value is -1.02. The molecule has 16 heavy (non-hydrogen) atoms. The summed E-state index contributed by atoms with van der Waals surface area (Å²) in [5, 5.41) is 0. The molecule has 1 heterocycles. The minimum atomic E-state index is 0.195. The van der Waals surface area contributed by atoms with E-state index < -0.39 is 0 Å². The van der Waals surface area contributed by atoms with Gasteiger partial charge in [-0.25, -0.2) is 0 Å². The van der Waals surface area contributed by atoms with E-state index in [4.69, 9.17) is 4.74 Å². The summed E-state index contributed by atoms with van der Waals surface area (Å²) in [5.74, 6) is 0.972. The number of hydrogen-bond acceptors (Lipinski definition) is 2. The summed E-state index contributed by atoms with van der Waals surface area (Å²) in [4.78, 5) is 2.44. The van der Waals surface area contributed by atoms with Crippen molar-refractivity contribution in [1.82, 2.24) is 4.90 Å². The molecule has 0 aliphatic carbocycles. The first-order chi connectivity index (χ1) is 7.86. The molecular weight excluding hydrogens is 198 g/mol. The Morgan fingerprint density at radius 1 is 1.00 bits per heavy atom. The van der Waals surface area contributed by atoms with Gasteiger partial charge in [0.1, 0.15) is 12.0 Å². The van der Waals surface area contributed by atoms with Crippen LogP contribution in [-0.4, -0.2) is 24.2 Å².